The summed E-state index contributed by atoms with van der Waals surface area (Å²) in [6.07, 6.45) is 5.72. The van der Waals surface area contributed by atoms with Crippen LogP contribution in [0, 0.1) is 0 Å². The van der Waals surface area contributed by atoms with Crippen molar-refractivity contribution in [1.82, 2.24) is 19.6 Å². The van der Waals surface area contributed by atoms with E-state index in [1.165, 1.54) is 18.3 Å². The van der Waals surface area contributed by atoms with Crippen LogP contribution in [-0.4, -0.2) is 38.7 Å². The molecule has 1 saturated heterocycles. The fraction of sp³-hybridized carbons (Fsp3) is 0.385. The smallest absolute Gasteiger partial charge is 0.267 e. The van der Waals surface area contributed by atoms with Gasteiger partial charge in [0.15, 0.2) is 0 Å². The lowest BCUT2D eigenvalue weighted by molar-refractivity contribution is -0.117. The standard InChI is InChI=1S/C13H15N5O3/c19-12(8-18-13(20)2-1-4-14-18)16-10-6-15-17(7-10)11-3-5-21-9-11/h1-2,4,6-7,11H,3,5,8-9H2,(H,16,19)/t11-/m1/s1. The summed E-state index contributed by atoms with van der Waals surface area (Å²) in [5.41, 5.74) is 0.280. The molecule has 1 fully saturated rings. The summed E-state index contributed by atoms with van der Waals surface area (Å²) in [5, 5.41) is 10.7. The highest BCUT2D eigenvalue weighted by Gasteiger charge is 2.18. The summed E-state index contributed by atoms with van der Waals surface area (Å²) >= 11 is 0. The average molecular weight is 289 g/mol. The molecule has 0 bridgehead atoms. The molecule has 21 heavy (non-hydrogen) atoms. The van der Waals surface area contributed by atoms with Gasteiger partial charge in [0.05, 0.1) is 24.5 Å². The Bertz CT molecular complexity index is 687. The molecule has 0 unspecified atom stereocenters. The number of ether oxygens (including phenoxy) is 1. The Morgan fingerprint density at radius 2 is 2.38 bits per heavy atom. The Kier molecular flexibility index (Phi) is 3.78. The van der Waals surface area contributed by atoms with Gasteiger partial charge in [-0.05, 0) is 12.5 Å². The van der Waals surface area contributed by atoms with Gasteiger partial charge in [0.25, 0.3) is 5.56 Å². The molecule has 0 aliphatic carbocycles. The van der Waals surface area contributed by atoms with Crippen LogP contribution in [-0.2, 0) is 16.1 Å². The number of amides is 1. The lowest BCUT2D eigenvalue weighted by atomic mass is 10.3. The number of nitrogens with zero attached hydrogens (tertiary/aromatic N) is 4. The van der Waals surface area contributed by atoms with Crippen LogP contribution in [0.2, 0.25) is 0 Å². The van der Waals surface area contributed by atoms with E-state index >= 15 is 0 Å². The number of anilines is 1. The van der Waals surface area contributed by atoms with E-state index < -0.39 is 0 Å². The van der Waals surface area contributed by atoms with Crippen LogP contribution in [0.25, 0.3) is 0 Å². The second kappa shape index (κ2) is 5.88. The zero-order valence-corrected chi connectivity index (χ0v) is 11.3. The second-order valence-corrected chi connectivity index (χ2v) is 4.79. The summed E-state index contributed by atoms with van der Waals surface area (Å²) < 4.78 is 8.19. The second-order valence-electron chi connectivity index (χ2n) is 4.79. The van der Waals surface area contributed by atoms with Crippen molar-refractivity contribution >= 4 is 11.6 Å². The molecule has 2 aromatic rings. The minimum Gasteiger partial charge on any atom is -0.379 e. The topological polar surface area (TPSA) is 91.0 Å². The first-order valence-corrected chi connectivity index (χ1v) is 6.66. The molecule has 0 saturated carbocycles. The normalized spacial score (nSPS) is 17.8. The largest absolute Gasteiger partial charge is 0.379 e. The number of carbonyl (C=O) groups excluding carboxylic acids is 1. The summed E-state index contributed by atoms with van der Waals surface area (Å²) in [6.45, 7) is 1.24. The predicted octanol–water partition coefficient (Wildman–Crippen LogP) is 0.0399. The third kappa shape index (κ3) is 3.16. The van der Waals surface area contributed by atoms with Crippen LogP contribution in [0.3, 0.4) is 0 Å². The summed E-state index contributed by atoms with van der Waals surface area (Å²) in [6, 6.07) is 3.11. The van der Waals surface area contributed by atoms with Crippen LogP contribution in [0.5, 0.6) is 0 Å². The third-order valence-electron chi connectivity index (χ3n) is 3.24. The predicted molar refractivity (Wildman–Crippen MR) is 73.8 cm³/mol. The van der Waals surface area contributed by atoms with Gasteiger partial charge in [-0.2, -0.15) is 10.2 Å². The van der Waals surface area contributed by atoms with Crippen molar-refractivity contribution < 1.29 is 9.53 Å². The first-order valence-electron chi connectivity index (χ1n) is 6.66. The lowest BCUT2D eigenvalue weighted by Crippen LogP contribution is -2.28. The highest BCUT2D eigenvalue weighted by Crippen LogP contribution is 2.19. The van der Waals surface area contributed by atoms with Crippen molar-refractivity contribution in [3.63, 3.8) is 0 Å². The zero-order valence-electron chi connectivity index (χ0n) is 11.3. The molecule has 1 N–H and O–H groups in total. The van der Waals surface area contributed by atoms with E-state index in [9.17, 15) is 9.59 Å². The first-order chi connectivity index (χ1) is 10.2. The van der Waals surface area contributed by atoms with E-state index in [4.69, 9.17) is 4.74 Å². The van der Waals surface area contributed by atoms with Crippen molar-refractivity contribution in [3.05, 3.63) is 41.1 Å². The van der Waals surface area contributed by atoms with Crippen molar-refractivity contribution in [2.24, 2.45) is 0 Å². The zero-order chi connectivity index (χ0) is 14.7. The maximum absolute atomic E-state index is 11.9. The molecule has 1 atom stereocenters. The summed E-state index contributed by atoms with van der Waals surface area (Å²) in [7, 11) is 0. The van der Waals surface area contributed by atoms with Gasteiger partial charge in [0.2, 0.25) is 5.91 Å². The molecule has 8 nitrogen and oxygen atoms in total. The Hall–Kier alpha value is -2.48. The highest BCUT2D eigenvalue weighted by atomic mass is 16.5. The quantitative estimate of drug-likeness (QED) is 0.858. The molecule has 0 radical (unpaired) electrons. The number of hydrogen-bond acceptors (Lipinski definition) is 5. The summed E-state index contributed by atoms with van der Waals surface area (Å²) in [4.78, 5) is 23.4. The molecular formula is C13H15N5O3. The van der Waals surface area contributed by atoms with E-state index in [2.05, 4.69) is 15.5 Å². The van der Waals surface area contributed by atoms with Crippen molar-refractivity contribution in [1.29, 1.82) is 0 Å². The van der Waals surface area contributed by atoms with Gasteiger partial charge in [-0.1, -0.05) is 0 Å². The average Bonchev–Trinajstić information content (AvgIpc) is 3.12. The van der Waals surface area contributed by atoms with Gasteiger partial charge in [0, 0.05) is 25.1 Å². The molecule has 2 aromatic heterocycles. The minimum atomic E-state index is -0.321. The number of nitrogens with one attached hydrogen (secondary N) is 1. The molecule has 1 aliphatic heterocycles. The van der Waals surface area contributed by atoms with Crippen LogP contribution >= 0.6 is 0 Å². The Labute approximate surface area is 120 Å². The van der Waals surface area contributed by atoms with E-state index in [1.54, 1.807) is 17.1 Å². The monoisotopic (exact) mass is 289 g/mol. The maximum Gasteiger partial charge on any atom is 0.267 e. The number of rotatable bonds is 4. The molecule has 8 heteroatoms. The van der Waals surface area contributed by atoms with Gasteiger partial charge in [-0.25, -0.2) is 4.68 Å². The van der Waals surface area contributed by atoms with Gasteiger partial charge >= 0.3 is 0 Å². The van der Waals surface area contributed by atoms with Crippen LogP contribution < -0.4 is 10.9 Å². The molecule has 1 amide bonds. The van der Waals surface area contributed by atoms with Crippen LogP contribution in [0.1, 0.15) is 12.5 Å². The number of aromatic nitrogens is 4. The molecule has 110 valence electrons. The van der Waals surface area contributed by atoms with Crippen molar-refractivity contribution in [3.8, 4) is 0 Å². The minimum absolute atomic E-state index is 0.128. The fourth-order valence-electron chi connectivity index (χ4n) is 2.18. The Balaban J connectivity index is 1.62. The van der Waals surface area contributed by atoms with E-state index in [0.717, 1.165) is 17.7 Å². The number of carbonyl (C=O) groups is 1. The van der Waals surface area contributed by atoms with Gasteiger partial charge in [-0.3, -0.25) is 14.3 Å². The van der Waals surface area contributed by atoms with Crippen molar-refractivity contribution in [2.45, 2.75) is 19.0 Å². The molecule has 3 rings (SSSR count). The maximum atomic E-state index is 11.9. The lowest BCUT2D eigenvalue weighted by Gasteiger charge is -2.07. The molecule has 1 aliphatic rings. The molecule has 0 aromatic carbocycles. The highest BCUT2D eigenvalue weighted by molar-refractivity contribution is 5.90. The first kappa shape index (κ1) is 13.5. The van der Waals surface area contributed by atoms with Gasteiger partial charge in [0.1, 0.15) is 6.54 Å². The summed E-state index contributed by atoms with van der Waals surface area (Å²) in [5.74, 6) is -0.321. The van der Waals surface area contributed by atoms with Gasteiger partial charge in [-0.15, -0.1) is 0 Å². The van der Waals surface area contributed by atoms with Crippen LogP contribution in [0.4, 0.5) is 5.69 Å². The van der Waals surface area contributed by atoms with Crippen molar-refractivity contribution in [2.75, 3.05) is 18.5 Å². The molecule has 0 spiro atoms. The fourth-order valence-corrected chi connectivity index (χ4v) is 2.18. The van der Waals surface area contributed by atoms with E-state index in [1.807, 2.05) is 0 Å². The third-order valence-corrected chi connectivity index (χ3v) is 3.24. The van der Waals surface area contributed by atoms with Crippen LogP contribution in [0.15, 0.2) is 35.5 Å². The SMILES string of the molecule is O=C(Cn1ncccc1=O)Nc1cnn([C@@H]2CCOC2)c1. The molecular weight excluding hydrogens is 274 g/mol. The Morgan fingerprint density at radius 1 is 1.48 bits per heavy atom. The number of hydrogen-bond donors (Lipinski definition) is 1. The van der Waals surface area contributed by atoms with E-state index in [-0.39, 0.29) is 24.1 Å². The Morgan fingerprint density at radius 3 is 3.14 bits per heavy atom. The van der Waals surface area contributed by atoms with E-state index in [0.29, 0.717) is 12.3 Å². The van der Waals surface area contributed by atoms with Gasteiger partial charge < -0.3 is 10.1 Å². The molecule has 3 heterocycles.